The highest BCUT2D eigenvalue weighted by molar-refractivity contribution is 5.87. The van der Waals surface area contributed by atoms with Crippen molar-refractivity contribution < 1.29 is 4.74 Å². The molecule has 9 nitrogen and oxygen atoms in total. The Kier molecular flexibility index (Phi) is 4.76. The van der Waals surface area contributed by atoms with Crippen molar-refractivity contribution in [3.63, 3.8) is 0 Å². The molecule has 9 heteroatoms. The minimum Gasteiger partial charge on any atom is -0.383 e. The van der Waals surface area contributed by atoms with E-state index in [0.717, 1.165) is 18.6 Å². The van der Waals surface area contributed by atoms with E-state index in [4.69, 9.17) is 4.74 Å². The van der Waals surface area contributed by atoms with Crippen LogP contribution in [0.3, 0.4) is 0 Å². The Morgan fingerprint density at radius 2 is 2.00 bits per heavy atom. The Morgan fingerprint density at radius 1 is 1.24 bits per heavy atom. The number of aromatic nitrogens is 4. The van der Waals surface area contributed by atoms with Gasteiger partial charge in [-0.3, -0.25) is 18.5 Å². The molecule has 0 spiro atoms. The number of methoxy groups -OCH3 is 1. The van der Waals surface area contributed by atoms with Gasteiger partial charge in [0.25, 0.3) is 5.56 Å². The monoisotopic (exact) mass is 348 g/mol. The Morgan fingerprint density at radius 3 is 2.68 bits per heavy atom. The standard InChI is InChI=1S/C16H24N6O3/c1-5-6-7-20-14(23)12-13(19(3)16(20)24)17-15-21(12)10-11(2)18-22(15)8-9-25-4/h5-10H2,1-4H3. The van der Waals surface area contributed by atoms with Gasteiger partial charge in [0.1, 0.15) is 0 Å². The Labute approximate surface area is 145 Å². The van der Waals surface area contributed by atoms with E-state index in [1.54, 1.807) is 19.2 Å². The summed E-state index contributed by atoms with van der Waals surface area (Å²) in [5.41, 5.74) is 1.10. The number of hydrogen-bond donors (Lipinski definition) is 0. The van der Waals surface area contributed by atoms with Crippen LogP contribution in [0, 0.1) is 0 Å². The lowest BCUT2D eigenvalue weighted by molar-refractivity contribution is 0.205. The Hall–Kier alpha value is -2.42. The highest BCUT2D eigenvalue weighted by Gasteiger charge is 2.26. The first-order valence-electron chi connectivity index (χ1n) is 8.50. The molecule has 2 aromatic heterocycles. The molecule has 0 aliphatic carbocycles. The molecule has 0 aromatic carbocycles. The average molecular weight is 348 g/mol. The zero-order chi connectivity index (χ0) is 18.1. The molecule has 0 radical (unpaired) electrons. The van der Waals surface area contributed by atoms with Gasteiger partial charge in [0.2, 0.25) is 5.95 Å². The highest BCUT2D eigenvalue weighted by atomic mass is 16.5. The van der Waals surface area contributed by atoms with Crippen LogP contribution in [0.5, 0.6) is 0 Å². The molecule has 0 saturated heterocycles. The number of hydrazone groups is 1. The minimum atomic E-state index is -0.331. The van der Waals surface area contributed by atoms with Crippen LogP contribution in [0.1, 0.15) is 26.7 Å². The maximum atomic E-state index is 13.0. The molecule has 25 heavy (non-hydrogen) atoms. The van der Waals surface area contributed by atoms with E-state index < -0.39 is 0 Å². The predicted molar refractivity (Wildman–Crippen MR) is 96.5 cm³/mol. The van der Waals surface area contributed by atoms with E-state index >= 15 is 0 Å². The molecule has 3 rings (SSSR count). The second-order valence-electron chi connectivity index (χ2n) is 6.27. The number of anilines is 1. The van der Waals surface area contributed by atoms with Gasteiger partial charge >= 0.3 is 5.69 Å². The normalized spacial score (nSPS) is 14.1. The number of rotatable bonds is 6. The molecule has 0 atom stereocenters. The van der Waals surface area contributed by atoms with Crippen molar-refractivity contribution in [3.8, 4) is 0 Å². The maximum Gasteiger partial charge on any atom is 0.332 e. The van der Waals surface area contributed by atoms with Crippen LogP contribution in [0.25, 0.3) is 11.2 Å². The van der Waals surface area contributed by atoms with Crippen molar-refractivity contribution in [1.29, 1.82) is 0 Å². The summed E-state index contributed by atoms with van der Waals surface area (Å²) in [6.07, 6.45) is 1.69. The van der Waals surface area contributed by atoms with Gasteiger partial charge < -0.3 is 4.74 Å². The summed E-state index contributed by atoms with van der Waals surface area (Å²) in [6.45, 7) is 5.85. The minimum absolute atomic E-state index is 0.285. The SMILES string of the molecule is CCCCn1c(=O)c2c(nc3n2CC(C)=NN3CCOC)n(C)c1=O. The van der Waals surface area contributed by atoms with E-state index in [1.807, 2.05) is 18.4 Å². The van der Waals surface area contributed by atoms with Crippen LogP contribution in [-0.4, -0.2) is 44.7 Å². The molecule has 1 aliphatic rings. The van der Waals surface area contributed by atoms with Gasteiger partial charge in [0.15, 0.2) is 11.2 Å². The number of hydrogen-bond acceptors (Lipinski definition) is 6. The van der Waals surface area contributed by atoms with Crippen molar-refractivity contribution in [2.24, 2.45) is 12.1 Å². The third-order valence-electron chi connectivity index (χ3n) is 4.36. The summed E-state index contributed by atoms with van der Waals surface area (Å²) in [6, 6.07) is 0. The maximum absolute atomic E-state index is 13.0. The lowest BCUT2D eigenvalue weighted by Crippen LogP contribution is -2.40. The fraction of sp³-hybridized carbons (Fsp3) is 0.625. The van der Waals surface area contributed by atoms with Crippen LogP contribution in [0.4, 0.5) is 5.95 Å². The Bertz CT molecular complexity index is 936. The topological polar surface area (TPSA) is 86.7 Å². The molecule has 0 amide bonds. The van der Waals surface area contributed by atoms with Crippen LogP contribution < -0.4 is 16.3 Å². The van der Waals surface area contributed by atoms with Crippen molar-refractivity contribution in [3.05, 3.63) is 20.8 Å². The summed E-state index contributed by atoms with van der Waals surface area (Å²) in [5.74, 6) is 0.568. The van der Waals surface area contributed by atoms with Gasteiger partial charge in [-0.15, -0.1) is 0 Å². The van der Waals surface area contributed by atoms with Gasteiger partial charge in [0, 0.05) is 20.7 Å². The molecule has 0 unspecified atom stereocenters. The van der Waals surface area contributed by atoms with Crippen molar-refractivity contribution in [1.82, 2.24) is 18.7 Å². The first kappa shape index (κ1) is 17.4. The zero-order valence-corrected chi connectivity index (χ0v) is 15.2. The summed E-state index contributed by atoms with van der Waals surface area (Å²) < 4.78 is 9.73. The summed E-state index contributed by atoms with van der Waals surface area (Å²) in [5, 5.41) is 6.23. The van der Waals surface area contributed by atoms with Crippen LogP contribution >= 0.6 is 0 Å². The number of unbranched alkanes of at least 4 members (excludes halogenated alkanes) is 1. The lowest BCUT2D eigenvalue weighted by atomic mass is 10.3. The quantitative estimate of drug-likeness (QED) is 0.760. The highest BCUT2D eigenvalue weighted by Crippen LogP contribution is 2.23. The van der Waals surface area contributed by atoms with E-state index in [-0.39, 0.29) is 11.2 Å². The summed E-state index contributed by atoms with van der Waals surface area (Å²) >= 11 is 0. The lowest BCUT2D eigenvalue weighted by Gasteiger charge is -2.24. The zero-order valence-electron chi connectivity index (χ0n) is 15.2. The molecule has 0 bridgehead atoms. The van der Waals surface area contributed by atoms with E-state index in [2.05, 4.69) is 10.1 Å². The third-order valence-corrected chi connectivity index (χ3v) is 4.36. The van der Waals surface area contributed by atoms with Crippen LogP contribution in [0.2, 0.25) is 0 Å². The molecule has 0 saturated carbocycles. The van der Waals surface area contributed by atoms with Crippen molar-refractivity contribution >= 4 is 22.8 Å². The fourth-order valence-corrected chi connectivity index (χ4v) is 3.06. The molecule has 2 aromatic rings. The Balaban J connectivity index is 2.23. The smallest absolute Gasteiger partial charge is 0.332 e. The number of aryl methyl sites for hydroxylation is 1. The summed E-state index contributed by atoms with van der Waals surface area (Å²) in [4.78, 5) is 30.1. The molecule has 0 fully saturated rings. The van der Waals surface area contributed by atoms with E-state index in [0.29, 0.717) is 43.4 Å². The number of nitrogens with zero attached hydrogens (tertiary/aromatic N) is 6. The van der Waals surface area contributed by atoms with E-state index in [9.17, 15) is 9.59 Å². The predicted octanol–water partition coefficient (Wildman–Crippen LogP) is 0.539. The molecule has 0 N–H and O–H groups in total. The second-order valence-corrected chi connectivity index (χ2v) is 6.27. The molecule has 3 heterocycles. The summed E-state index contributed by atoms with van der Waals surface area (Å²) in [7, 11) is 3.28. The number of imidazole rings is 1. The van der Waals surface area contributed by atoms with Crippen molar-refractivity contribution in [2.75, 3.05) is 25.3 Å². The number of fused-ring (bicyclic) bond motifs is 3. The largest absolute Gasteiger partial charge is 0.383 e. The van der Waals surface area contributed by atoms with Crippen LogP contribution in [0.15, 0.2) is 14.7 Å². The van der Waals surface area contributed by atoms with Crippen LogP contribution in [-0.2, 0) is 24.9 Å². The van der Waals surface area contributed by atoms with Gasteiger partial charge in [-0.05, 0) is 13.3 Å². The fourth-order valence-electron chi connectivity index (χ4n) is 3.06. The first-order valence-corrected chi connectivity index (χ1v) is 8.50. The van der Waals surface area contributed by atoms with Gasteiger partial charge in [-0.25, -0.2) is 9.80 Å². The van der Waals surface area contributed by atoms with Gasteiger partial charge in [-0.1, -0.05) is 13.3 Å². The molecular weight excluding hydrogens is 324 g/mol. The average Bonchev–Trinajstić information content (AvgIpc) is 2.97. The van der Waals surface area contributed by atoms with Gasteiger partial charge in [0.05, 0.1) is 25.4 Å². The molecule has 1 aliphatic heterocycles. The first-order chi connectivity index (χ1) is 12.0. The third kappa shape index (κ3) is 2.88. The molecular formula is C16H24N6O3. The molecule has 136 valence electrons. The van der Waals surface area contributed by atoms with E-state index in [1.165, 1.54) is 9.13 Å². The second kappa shape index (κ2) is 6.83. The number of ether oxygens (including phenoxy) is 1. The van der Waals surface area contributed by atoms with Crippen molar-refractivity contribution in [2.45, 2.75) is 39.8 Å². The van der Waals surface area contributed by atoms with Gasteiger partial charge in [-0.2, -0.15) is 10.1 Å².